The standard InChI is InChI=1S/C29H27Cl2N3O6S2/c1-19-7-16-27(40-2)25(17-19)33-42(38,39)23-14-12-22(13-15-23)32-29(35)21-10-8-20(9-11-21)18-34(41(3,36)37)26-6-4-5-24(30)28(26)31/h4-17,33H,18H2,1-3H3,(H,32,35). The van der Waals surface area contributed by atoms with Gasteiger partial charge in [0, 0.05) is 11.3 Å². The first kappa shape index (κ1) is 31.2. The first-order valence-electron chi connectivity index (χ1n) is 12.4. The molecule has 0 radical (unpaired) electrons. The molecule has 0 heterocycles. The Bertz CT molecular complexity index is 1830. The van der Waals surface area contributed by atoms with E-state index in [2.05, 4.69) is 10.0 Å². The van der Waals surface area contributed by atoms with Crippen LogP contribution in [0.15, 0.2) is 89.8 Å². The largest absolute Gasteiger partial charge is 0.495 e. The predicted molar refractivity (Wildman–Crippen MR) is 167 cm³/mol. The van der Waals surface area contributed by atoms with E-state index in [1.54, 1.807) is 54.6 Å². The number of rotatable bonds is 10. The van der Waals surface area contributed by atoms with Gasteiger partial charge in [0.1, 0.15) is 5.75 Å². The SMILES string of the molecule is COc1ccc(C)cc1NS(=O)(=O)c1ccc(NC(=O)c2ccc(CN(c3cccc(Cl)c3Cl)S(C)(=O)=O)cc2)cc1. The molecule has 0 aliphatic carbocycles. The van der Waals surface area contributed by atoms with Crippen molar-refractivity contribution in [3.63, 3.8) is 0 Å². The van der Waals surface area contributed by atoms with Crippen LogP contribution >= 0.6 is 23.2 Å². The van der Waals surface area contributed by atoms with Crippen molar-refractivity contribution in [2.45, 2.75) is 18.4 Å². The number of hydrogen-bond acceptors (Lipinski definition) is 6. The lowest BCUT2D eigenvalue weighted by Gasteiger charge is -2.24. The monoisotopic (exact) mass is 647 g/mol. The molecule has 220 valence electrons. The highest BCUT2D eigenvalue weighted by Gasteiger charge is 2.22. The van der Waals surface area contributed by atoms with Gasteiger partial charge in [0.05, 0.1) is 46.2 Å². The van der Waals surface area contributed by atoms with Crippen molar-refractivity contribution in [2.24, 2.45) is 0 Å². The summed E-state index contributed by atoms with van der Waals surface area (Å²) in [6.45, 7) is 1.81. The summed E-state index contributed by atoms with van der Waals surface area (Å²) in [5.74, 6) is -0.0472. The van der Waals surface area contributed by atoms with Gasteiger partial charge in [-0.25, -0.2) is 16.8 Å². The predicted octanol–water partition coefficient (Wildman–Crippen LogP) is 6.33. The van der Waals surface area contributed by atoms with Crippen LogP contribution in [0.4, 0.5) is 17.1 Å². The smallest absolute Gasteiger partial charge is 0.262 e. The van der Waals surface area contributed by atoms with Gasteiger partial charge < -0.3 is 10.1 Å². The Morgan fingerprint density at radius 2 is 1.57 bits per heavy atom. The number of methoxy groups -OCH3 is 1. The molecule has 2 N–H and O–H groups in total. The summed E-state index contributed by atoms with van der Waals surface area (Å²) < 4.78 is 59.8. The molecule has 4 aromatic carbocycles. The lowest BCUT2D eigenvalue weighted by atomic mass is 10.1. The fourth-order valence-corrected chi connectivity index (χ4v) is 6.42. The van der Waals surface area contributed by atoms with Crippen LogP contribution in [-0.2, 0) is 26.6 Å². The summed E-state index contributed by atoms with van der Waals surface area (Å²) in [5.41, 5.74) is 2.73. The lowest BCUT2D eigenvalue weighted by molar-refractivity contribution is 0.102. The minimum Gasteiger partial charge on any atom is -0.495 e. The van der Waals surface area contributed by atoms with E-state index >= 15 is 0 Å². The topological polar surface area (TPSA) is 122 Å². The van der Waals surface area contributed by atoms with Crippen molar-refractivity contribution in [3.8, 4) is 5.75 Å². The van der Waals surface area contributed by atoms with E-state index in [1.165, 1.54) is 31.4 Å². The number of ether oxygens (including phenoxy) is 1. The lowest BCUT2D eigenvalue weighted by Crippen LogP contribution is -2.29. The van der Waals surface area contributed by atoms with Crippen LogP contribution in [0.25, 0.3) is 0 Å². The van der Waals surface area contributed by atoms with E-state index < -0.39 is 26.0 Å². The van der Waals surface area contributed by atoms with Crippen LogP contribution in [0.5, 0.6) is 5.75 Å². The molecular formula is C29H27Cl2N3O6S2. The molecule has 0 unspecified atom stereocenters. The third-order valence-corrected chi connectivity index (χ3v) is 9.48. The second-order valence-corrected chi connectivity index (χ2v) is 13.7. The zero-order chi connectivity index (χ0) is 30.7. The van der Waals surface area contributed by atoms with Crippen LogP contribution in [0, 0.1) is 6.92 Å². The summed E-state index contributed by atoms with van der Waals surface area (Å²) in [5, 5.41) is 3.06. The van der Waals surface area contributed by atoms with Gasteiger partial charge in [0.15, 0.2) is 0 Å². The quantitative estimate of drug-likeness (QED) is 0.207. The number of nitrogens with zero attached hydrogens (tertiary/aromatic N) is 1. The van der Waals surface area contributed by atoms with Gasteiger partial charge in [0.25, 0.3) is 15.9 Å². The molecule has 4 aromatic rings. The van der Waals surface area contributed by atoms with Crippen LogP contribution in [-0.4, -0.2) is 36.1 Å². The molecule has 0 bridgehead atoms. The molecule has 0 fully saturated rings. The Morgan fingerprint density at radius 1 is 0.905 bits per heavy atom. The number of hydrogen-bond donors (Lipinski definition) is 2. The van der Waals surface area contributed by atoms with Crippen molar-refractivity contribution < 1.29 is 26.4 Å². The van der Waals surface area contributed by atoms with Gasteiger partial charge in [-0.05, 0) is 78.7 Å². The highest BCUT2D eigenvalue weighted by Crippen LogP contribution is 2.34. The molecule has 13 heteroatoms. The number of carbonyl (C=O) groups is 1. The number of amides is 1. The Kier molecular flexibility index (Phi) is 9.37. The van der Waals surface area contributed by atoms with E-state index in [4.69, 9.17) is 27.9 Å². The van der Waals surface area contributed by atoms with E-state index in [0.717, 1.165) is 16.1 Å². The highest BCUT2D eigenvalue weighted by atomic mass is 35.5. The van der Waals surface area contributed by atoms with Crippen LogP contribution in [0.2, 0.25) is 10.0 Å². The fraction of sp³-hybridized carbons (Fsp3) is 0.138. The minimum atomic E-state index is -3.92. The average Bonchev–Trinajstić information content (AvgIpc) is 2.93. The van der Waals surface area contributed by atoms with Crippen molar-refractivity contribution in [3.05, 3.63) is 112 Å². The maximum absolute atomic E-state index is 12.9. The van der Waals surface area contributed by atoms with Gasteiger partial charge in [-0.2, -0.15) is 0 Å². The first-order valence-corrected chi connectivity index (χ1v) is 16.5. The van der Waals surface area contributed by atoms with E-state index in [-0.39, 0.29) is 27.2 Å². The number of nitrogens with one attached hydrogen (secondary N) is 2. The zero-order valence-electron chi connectivity index (χ0n) is 22.8. The third kappa shape index (κ3) is 7.35. The van der Waals surface area contributed by atoms with Gasteiger partial charge in [0.2, 0.25) is 10.0 Å². The normalized spacial score (nSPS) is 11.5. The highest BCUT2D eigenvalue weighted by molar-refractivity contribution is 7.92. The van der Waals surface area contributed by atoms with E-state index in [9.17, 15) is 21.6 Å². The Morgan fingerprint density at radius 3 is 2.19 bits per heavy atom. The fourth-order valence-electron chi connectivity index (χ4n) is 4.02. The van der Waals surface area contributed by atoms with Crippen LogP contribution in [0.1, 0.15) is 21.5 Å². The number of carbonyl (C=O) groups excluding carboxylic acids is 1. The second-order valence-electron chi connectivity index (χ2n) is 9.33. The summed E-state index contributed by atoms with van der Waals surface area (Å²) >= 11 is 12.3. The number of anilines is 3. The van der Waals surface area contributed by atoms with Gasteiger partial charge in [-0.1, -0.05) is 47.5 Å². The molecule has 0 atom stereocenters. The minimum absolute atomic E-state index is 0.00338. The first-order chi connectivity index (χ1) is 19.8. The molecule has 0 saturated carbocycles. The molecule has 0 aromatic heterocycles. The second kappa shape index (κ2) is 12.6. The molecule has 0 saturated heterocycles. The molecule has 0 aliphatic heterocycles. The molecular weight excluding hydrogens is 621 g/mol. The van der Waals surface area contributed by atoms with Crippen LogP contribution in [0.3, 0.4) is 0 Å². The zero-order valence-corrected chi connectivity index (χ0v) is 25.9. The Hall–Kier alpha value is -3.77. The number of benzene rings is 4. The number of sulfonamides is 2. The maximum atomic E-state index is 12.9. The summed E-state index contributed by atoms with van der Waals surface area (Å²) in [4.78, 5) is 12.8. The molecule has 0 spiro atoms. The average molecular weight is 649 g/mol. The van der Waals surface area contributed by atoms with E-state index in [0.29, 0.717) is 28.3 Å². The number of halogens is 2. The molecule has 9 nitrogen and oxygen atoms in total. The summed E-state index contributed by atoms with van der Waals surface area (Å²) in [6.07, 6.45) is 1.07. The molecule has 4 rings (SSSR count). The van der Waals surface area contributed by atoms with Gasteiger partial charge in [-0.15, -0.1) is 0 Å². The Labute approximate surface area is 255 Å². The third-order valence-electron chi connectivity index (χ3n) is 6.16. The molecule has 0 aliphatic rings. The van der Waals surface area contributed by atoms with Crippen molar-refractivity contribution >= 4 is 66.2 Å². The van der Waals surface area contributed by atoms with Gasteiger partial charge in [-0.3, -0.25) is 13.8 Å². The van der Waals surface area contributed by atoms with Crippen molar-refractivity contribution in [1.29, 1.82) is 0 Å². The van der Waals surface area contributed by atoms with Gasteiger partial charge >= 0.3 is 0 Å². The van der Waals surface area contributed by atoms with E-state index in [1.807, 2.05) is 13.0 Å². The van der Waals surface area contributed by atoms with Crippen molar-refractivity contribution in [2.75, 3.05) is 27.7 Å². The maximum Gasteiger partial charge on any atom is 0.262 e. The molecule has 42 heavy (non-hydrogen) atoms. The summed E-state index contributed by atoms with van der Waals surface area (Å²) in [6, 6.07) is 22.0. The number of aryl methyl sites for hydroxylation is 1. The van der Waals surface area contributed by atoms with Crippen molar-refractivity contribution in [1.82, 2.24) is 0 Å². The molecule has 1 amide bonds. The van der Waals surface area contributed by atoms with Crippen LogP contribution < -0.4 is 19.1 Å². The Balaban J connectivity index is 1.45. The summed E-state index contributed by atoms with van der Waals surface area (Å²) in [7, 11) is -6.17.